The van der Waals surface area contributed by atoms with Crippen LogP contribution < -0.4 is 11.1 Å². The number of ether oxygens (including phenoxy) is 1. The van der Waals surface area contributed by atoms with Gasteiger partial charge in [-0.3, -0.25) is 9.59 Å². The number of thiophene rings is 3. The van der Waals surface area contributed by atoms with Crippen molar-refractivity contribution in [1.82, 2.24) is 4.57 Å². The van der Waals surface area contributed by atoms with Gasteiger partial charge in [-0.25, -0.2) is 9.36 Å². The SMILES string of the molecule is CCOC(=O)c1ccsc1-n1c(=O)c2ccsc2c2sccc2c1=O. The lowest BCUT2D eigenvalue weighted by atomic mass is 10.3. The van der Waals surface area contributed by atoms with Gasteiger partial charge in [-0.15, -0.1) is 34.0 Å². The summed E-state index contributed by atoms with van der Waals surface area (Å²) in [6, 6.07) is 5.01. The number of carbonyl (C=O) groups is 1. The monoisotopic (exact) mass is 389 g/mol. The Morgan fingerprint density at radius 1 is 0.960 bits per heavy atom. The smallest absolute Gasteiger partial charge is 0.341 e. The lowest BCUT2D eigenvalue weighted by Crippen LogP contribution is -2.29. The number of aromatic nitrogens is 1. The van der Waals surface area contributed by atoms with E-state index in [-0.39, 0.29) is 12.2 Å². The fourth-order valence-corrected chi connectivity index (χ4v) is 5.51. The minimum absolute atomic E-state index is 0.222. The summed E-state index contributed by atoms with van der Waals surface area (Å²) in [6.45, 7) is 1.93. The van der Waals surface area contributed by atoms with E-state index in [0.29, 0.717) is 15.8 Å². The van der Waals surface area contributed by atoms with Gasteiger partial charge in [0, 0.05) is 0 Å². The molecule has 25 heavy (non-hydrogen) atoms. The van der Waals surface area contributed by atoms with Gasteiger partial charge < -0.3 is 4.74 Å². The molecule has 0 aliphatic carbocycles. The molecule has 0 aliphatic heterocycles. The third-order valence-corrected chi connectivity index (χ3v) is 6.64. The summed E-state index contributed by atoms with van der Waals surface area (Å²) in [5.74, 6) is -0.542. The van der Waals surface area contributed by atoms with E-state index in [1.165, 1.54) is 34.0 Å². The molecule has 4 aromatic heterocycles. The zero-order valence-corrected chi connectivity index (χ0v) is 15.4. The molecule has 0 aromatic carbocycles. The van der Waals surface area contributed by atoms with Gasteiger partial charge >= 0.3 is 5.97 Å². The largest absolute Gasteiger partial charge is 0.462 e. The minimum Gasteiger partial charge on any atom is -0.462 e. The number of esters is 1. The molecule has 5 nitrogen and oxygen atoms in total. The van der Waals surface area contributed by atoms with Gasteiger partial charge in [0.2, 0.25) is 0 Å². The molecule has 4 aromatic rings. The van der Waals surface area contributed by atoms with E-state index >= 15 is 0 Å². The second kappa shape index (κ2) is 6.21. The first-order chi connectivity index (χ1) is 12.1. The van der Waals surface area contributed by atoms with E-state index in [9.17, 15) is 14.4 Å². The molecule has 0 atom stereocenters. The lowest BCUT2D eigenvalue weighted by molar-refractivity contribution is 0.0527. The highest BCUT2D eigenvalue weighted by Gasteiger charge is 2.21. The quantitative estimate of drug-likeness (QED) is 0.499. The molecule has 0 unspecified atom stereocenters. The third kappa shape index (κ3) is 2.45. The molecule has 0 bridgehead atoms. The van der Waals surface area contributed by atoms with E-state index in [4.69, 9.17) is 4.74 Å². The predicted octanol–water partition coefficient (Wildman–Crippen LogP) is 3.87. The van der Waals surface area contributed by atoms with Crippen molar-refractivity contribution in [2.24, 2.45) is 0 Å². The first-order valence-electron chi connectivity index (χ1n) is 7.42. The molecule has 4 heterocycles. The molecule has 8 heteroatoms. The van der Waals surface area contributed by atoms with E-state index < -0.39 is 17.1 Å². The summed E-state index contributed by atoms with van der Waals surface area (Å²) in [5.41, 5.74) is -0.612. The average molecular weight is 389 g/mol. The Hall–Kier alpha value is -2.29. The number of rotatable bonds is 3. The van der Waals surface area contributed by atoms with Crippen molar-refractivity contribution in [3.05, 3.63) is 60.6 Å². The van der Waals surface area contributed by atoms with E-state index in [0.717, 1.165) is 14.0 Å². The average Bonchev–Trinajstić information content (AvgIpc) is 3.33. The molecular weight excluding hydrogens is 378 g/mol. The number of fused-ring (bicyclic) bond motifs is 3. The molecular formula is C17H11NO4S3. The molecule has 0 N–H and O–H groups in total. The summed E-state index contributed by atoms with van der Waals surface area (Å²) < 4.78 is 7.73. The maximum atomic E-state index is 13.1. The molecule has 0 aliphatic rings. The fraction of sp³-hybridized carbons (Fsp3) is 0.118. The van der Waals surface area contributed by atoms with Crippen LogP contribution in [0.2, 0.25) is 0 Å². The van der Waals surface area contributed by atoms with Crippen LogP contribution in [0.25, 0.3) is 25.2 Å². The zero-order chi connectivity index (χ0) is 17.6. The van der Waals surface area contributed by atoms with Crippen LogP contribution in [0.1, 0.15) is 17.3 Å². The first kappa shape index (κ1) is 16.2. The van der Waals surface area contributed by atoms with Gasteiger partial charge in [-0.1, -0.05) is 0 Å². The zero-order valence-electron chi connectivity index (χ0n) is 13.0. The van der Waals surface area contributed by atoms with Crippen molar-refractivity contribution < 1.29 is 9.53 Å². The number of hydrogen-bond donors (Lipinski definition) is 0. The molecule has 126 valence electrons. The highest BCUT2D eigenvalue weighted by Crippen LogP contribution is 2.30. The van der Waals surface area contributed by atoms with Gasteiger partial charge in [0.15, 0.2) is 0 Å². The molecule has 0 radical (unpaired) electrons. The minimum atomic E-state index is -0.542. The van der Waals surface area contributed by atoms with Crippen LogP contribution in [0.4, 0.5) is 0 Å². The Labute approximate surface area is 153 Å². The normalized spacial score (nSPS) is 11.2. The van der Waals surface area contributed by atoms with Gasteiger partial charge in [0.05, 0.1) is 32.3 Å². The maximum Gasteiger partial charge on any atom is 0.341 e. The van der Waals surface area contributed by atoms with Crippen LogP contribution in [-0.4, -0.2) is 17.1 Å². The Morgan fingerprint density at radius 2 is 1.52 bits per heavy atom. The fourth-order valence-electron chi connectivity index (χ4n) is 2.66. The van der Waals surface area contributed by atoms with Crippen LogP contribution in [-0.2, 0) is 4.74 Å². The third-order valence-electron chi connectivity index (χ3n) is 3.75. The van der Waals surface area contributed by atoms with Crippen LogP contribution in [0.3, 0.4) is 0 Å². The summed E-state index contributed by atoms with van der Waals surface area (Å²) in [7, 11) is 0. The second-order valence-corrected chi connectivity index (χ2v) is 7.86. The van der Waals surface area contributed by atoms with Crippen LogP contribution in [0.5, 0.6) is 0 Å². The molecule has 4 rings (SSSR count). The van der Waals surface area contributed by atoms with Gasteiger partial charge in [0.25, 0.3) is 11.1 Å². The van der Waals surface area contributed by atoms with Gasteiger partial charge in [-0.2, -0.15) is 0 Å². The van der Waals surface area contributed by atoms with E-state index in [2.05, 4.69) is 0 Å². The van der Waals surface area contributed by atoms with Gasteiger partial charge in [-0.05, 0) is 41.3 Å². The van der Waals surface area contributed by atoms with E-state index in [1.54, 1.807) is 30.5 Å². The standard InChI is InChI=1S/C17H11NO4S3/c1-2-22-17(21)11-5-8-25-16(11)18-14(19)9-3-6-23-12(9)13-10(15(18)20)4-7-24-13/h3-8H,2H2,1H3. The predicted molar refractivity (Wildman–Crippen MR) is 103 cm³/mol. The first-order valence-corrected chi connectivity index (χ1v) is 10.1. The maximum absolute atomic E-state index is 13.1. The Morgan fingerprint density at radius 3 is 2.08 bits per heavy atom. The molecule has 0 saturated heterocycles. The Bertz CT molecular complexity index is 1160. The van der Waals surface area contributed by atoms with Crippen molar-refractivity contribution in [3.8, 4) is 5.00 Å². The highest BCUT2D eigenvalue weighted by atomic mass is 32.1. The van der Waals surface area contributed by atoms with Crippen molar-refractivity contribution in [1.29, 1.82) is 0 Å². The van der Waals surface area contributed by atoms with Crippen LogP contribution >= 0.6 is 34.0 Å². The highest BCUT2D eigenvalue weighted by molar-refractivity contribution is 7.25. The van der Waals surface area contributed by atoms with E-state index in [1.807, 2.05) is 10.8 Å². The topological polar surface area (TPSA) is 65.4 Å². The lowest BCUT2D eigenvalue weighted by Gasteiger charge is -2.04. The second-order valence-electron chi connectivity index (χ2n) is 5.13. The summed E-state index contributed by atoms with van der Waals surface area (Å²) in [5, 5.41) is 6.59. The van der Waals surface area contributed by atoms with Crippen molar-refractivity contribution in [2.45, 2.75) is 6.92 Å². The van der Waals surface area contributed by atoms with Crippen LogP contribution in [0.15, 0.2) is 43.9 Å². The molecule has 0 saturated carbocycles. The number of carbonyl (C=O) groups excluding carboxylic acids is 1. The van der Waals surface area contributed by atoms with Crippen molar-refractivity contribution in [2.75, 3.05) is 6.61 Å². The molecule has 0 spiro atoms. The number of hydrogen-bond acceptors (Lipinski definition) is 7. The summed E-state index contributed by atoms with van der Waals surface area (Å²) >= 11 is 4.04. The Balaban J connectivity index is 2.16. The van der Waals surface area contributed by atoms with Crippen molar-refractivity contribution in [3.63, 3.8) is 0 Å². The van der Waals surface area contributed by atoms with Gasteiger partial charge in [0.1, 0.15) is 5.00 Å². The molecule has 0 fully saturated rings. The molecule has 0 amide bonds. The van der Waals surface area contributed by atoms with Crippen molar-refractivity contribution >= 4 is 60.2 Å². The van der Waals surface area contributed by atoms with Crippen LogP contribution in [0, 0.1) is 0 Å². The Kier molecular flexibility index (Phi) is 4.03. The number of nitrogens with zero attached hydrogens (tertiary/aromatic N) is 1. The summed E-state index contributed by atoms with van der Waals surface area (Å²) in [6.07, 6.45) is 0. The summed E-state index contributed by atoms with van der Waals surface area (Å²) in [4.78, 5) is 38.4.